The van der Waals surface area contributed by atoms with E-state index in [9.17, 15) is 8.78 Å². The Morgan fingerprint density at radius 1 is 1.43 bits per heavy atom. The number of hydrogen-bond acceptors (Lipinski definition) is 0. The lowest BCUT2D eigenvalue weighted by Gasteiger charge is -1.90. The van der Waals surface area contributed by atoms with Gasteiger partial charge in [0.1, 0.15) is 12.3 Å². The summed E-state index contributed by atoms with van der Waals surface area (Å²) < 4.78 is 23.8. The molecule has 0 aromatic rings. The fourth-order valence-corrected chi connectivity index (χ4v) is 0.732. The van der Waals surface area contributed by atoms with Crippen LogP contribution < -0.4 is 0 Å². The highest BCUT2D eigenvalue weighted by Gasteiger charge is 2.23. The lowest BCUT2D eigenvalue weighted by Crippen LogP contribution is -1.93. The van der Waals surface area contributed by atoms with Crippen molar-refractivity contribution >= 4 is 0 Å². The summed E-state index contributed by atoms with van der Waals surface area (Å²) >= 11 is 0. The van der Waals surface area contributed by atoms with Crippen molar-refractivity contribution in [1.82, 2.24) is 0 Å². The molecule has 0 aliphatic heterocycles. The highest BCUT2D eigenvalue weighted by atomic mass is 19.1. The lowest BCUT2D eigenvalue weighted by molar-refractivity contribution is 0.298. The molecule has 41 valence electrons. The van der Waals surface area contributed by atoms with Gasteiger partial charge in [-0.3, -0.25) is 0 Å². The largest absolute Gasteiger partial charge is 0.247 e. The van der Waals surface area contributed by atoms with Crippen LogP contribution in [0.4, 0.5) is 8.78 Å². The second-order valence-corrected chi connectivity index (χ2v) is 1.82. The average Bonchev–Trinajstić information content (AvgIpc) is 1.87. The molecule has 1 fully saturated rings. The van der Waals surface area contributed by atoms with Gasteiger partial charge >= 0.3 is 0 Å². The third-order valence-electron chi connectivity index (χ3n) is 1.13. The first-order valence-corrected chi connectivity index (χ1v) is 2.40. The second kappa shape index (κ2) is 1.76. The molecule has 0 spiro atoms. The Kier molecular flexibility index (Phi) is 1.26. The minimum Gasteiger partial charge on any atom is -0.247 e. The van der Waals surface area contributed by atoms with E-state index in [1.807, 2.05) is 0 Å². The van der Waals surface area contributed by atoms with Crippen LogP contribution in [0.15, 0.2) is 0 Å². The third kappa shape index (κ3) is 1.11. The molecule has 0 nitrogen and oxygen atoms in total. The second-order valence-electron chi connectivity index (χ2n) is 1.82. The van der Waals surface area contributed by atoms with Gasteiger partial charge < -0.3 is 0 Å². The molecule has 0 aromatic carbocycles. The molecule has 2 unspecified atom stereocenters. The Morgan fingerprint density at radius 2 is 2.14 bits per heavy atom. The molecular formula is C5H7F2. The molecule has 0 N–H and O–H groups in total. The average molecular weight is 105 g/mol. The molecule has 0 saturated heterocycles. The molecule has 1 saturated carbocycles. The summed E-state index contributed by atoms with van der Waals surface area (Å²) in [5, 5.41) is 0. The highest BCUT2D eigenvalue weighted by Crippen LogP contribution is 2.22. The van der Waals surface area contributed by atoms with Gasteiger partial charge in [-0.15, -0.1) is 0 Å². The number of rotatable bonds is 0. The summed E-state index contributed by atoms with van der Waals surface area (Å²) in [7, 11) is 0. The quantitative estimate of drug-likeness (QED) is 0.439. The van der Waals surface area contributed by atoms with E-state index in [0.717, 1.165) is 0 Å². The zero-order valence-corrected chi connectivity index (χ0v) is 3.90. The number of alkyl halides is 2. The molecule has 2 heteroatoms. The van der Waals surface area contributed by atoms with Crippen molar-refractivity contribution < 1.29 is 8.78 Å². The number of halogens is 2. The molecule has 0 heterocycles. The van der Waals surface area contributed by atoms with Gasteiger partial charge in [-0.25, -0.2) is 8.78 Å². The van der Waals surface area contributed by atoms with Gasteiger partial charge in [0.05, 0.1) is 0 Å². The van der Waals surface area contributed by atoms with Crippen LogP contribution in [0, 0.1) is 6.42 Å². The van der Waals surface area contributed by atoms with Gasteiger partial charge in [-0.2, -0.15) is 0 Å². The zero-order chi connectivity index (χ0) is 5.28. The van der Waals surface area contributed by atoms with Crippen LogP contribution in [0.25, 0.3) is 0 Å². The normalized spacial score (nSPS) is 42.0. The maximum absolute atomic E-state index is 11.9. The van der Waals surface area contributed by atoms with Crippen molar-refractivity contribution in [3.05, 3.63) is 6.42 Å². The summed E-state index contributed by atoms with van der Waals surface area (Å²) in [4.78, 5) is 0. The Labute approximate surface area is 41.5 Å². The van der Waals surface area contributed by atoms with Crippen LogP contribution in [0.3, 0.4) is 0 Å². The maximum atomic E-state index is 11.9. The van der Waals surface area contributed by atoms with Crippen LogP contribution in [0.5, 0.6) is 0 Å². The topological polar surface area (TPSA) is 0 Å². The van der Waals surface area contributed by atoms with Gasteiger partial charge in [0.15, 0.2) is 0 Å². The highest BCUT2D eigenvalue weighted by molar-refractivity contribution is 4.89. The molecular weight excluding hydrogens is 98.1 g/mol. The fourth-order valence-electron chi connectivity index (χ4n) is 0.732. The van der Waals surface area contributed by atoms with Crippen molar-refractivity contribution in [3.8, 4) is 0 Å². The Hall–Kier alpha value is -0.140. The predicted molar refractivity (Wildman–Crippen MR) is 23.3 cm³/mol. The SMILES string of the molecule is FC1[CH]CC(F)C1. The van der Waals surface area contributed by atoms with Crippen molar-refractivity contribution in [2.75, 3.05) is 0 Å². The van der Waals surface area contributed by atoms with E-state index in [1.165, 1.54) is 6.42 Å². The van der Waals surface area contributed by atoms with Crippen molar-refractivity contribution in [1.29, 1.82) is 0 Å². The van der Waals surface area contributed by atoms with E-state index in [-0.39, 0.29) is 6.42 Å². The van der Waals surface area contributed by atoms with E-state index >= 15 is 0 Å². The predicted octanol–water partition coefficient (Wildman–Crippen LogP) is 1.66. The van der Waals surface area contributed by atoms with Crippen LogP contribution in [-0.4, -0.2) is 12.3 Å². The molecule has 1 aliphatic carbocycles. The first-order chi connectivity index (χ1) is 3.29. The summed E-state index contributed by atoms with van der Waals surface area (Å²) in [5.74, 6) is 0. The molecule has 7 heavy (non-hydrogen) atoms. The standard InChI is InChI=1S/C5H7F2/c6-4-1-2-5(7)3-4/h1,4-5H,2-3H2. The molecule has 1 rings (SSSR count). The van der Waals surface area contributed by atoms with Crippen LogP contribution in [-0.2, 0) is 0 Å². The maximum Gasteiger partial charge on any atom is 0.106 e. The van der Waals surface area contributed by atoms with E-state index < -0.39 is 12.3 Å². The van der Waals surface area contributed by atoms with Gasteiger partial charge in [0, 0.05) is 6.42 Å². The Morgan fingerprint density at radius 3 is 2.29 bits per heavy atom. The fraction of sp³-hybridized carbons (Fsp3) is 0.800. The molecule has 1 radical (unpaired) electrons. The smallest absolute Gasteiger partial charge is 0.106 e. The molecule has 0 aromatic heterocycles. The third-order valence-corrected chi connectivity index (χ3v) is 1.13. The van der Waals surface area contributed by atoms with Crippen LogP contribution in [0.1, 0.15) is 12.8 Å². The zero-order valence-electron chi connectivity index (χ0n) is 3.90. The van der Waals surface area contributed by atoms with E-state index in [0.29, 0.717) is 6.42 Å². The summed E-state index contributed by atoms with van der Waals surface area (Å²) in [6, 6.07) is 0. The minimum absolute atomic E-state index is 0.0833. The van der Waals surface area contributed by atoms with E-state index in [1.54, 1.807) is 0 Å². The number of hydrogen-bond donors (Lipinski definition) is 0. The first-order valence-electron chi connectivity index (χ1n) is 2.40. The molecule has 2 atom stereocenters. The Bertz CT molecular complexity index is 55.1. The van der Waals surface area contributed by atoms with Crippen LogP contribution in [0.2, 0.25) is 0 Å². The molecule has 0 amide bonds. The van der Waals surface area contributed by atoms with E-state index in [2.05, 4.69) is 0 Å². The Balaban J connectivity index is 2.26. The van der Waals surface area contributed by atoms with Crippen molar-refractivity contribution in [2.24, 2.45) is 0 Å². The monoisotopic (exact) mass is 105 g/mol. The summed E-state index contributed by atoms with van der Waals surface area (Å²) in [5.41, 5.74) is 0. The van der Waals surface area contributed by atoms with Crippen molar-refractivity contribution in [3.63, 3.8) is 0 Å². The molecule has 1 aliphatic rings. The van der Waals surface area contributed by atoms with Gasteiger partial charge in [0.2, 0.25) is 0 Å². The minimum atomic E-state index is -0.977. The summed E-state index contributed by atoms with van der Waals surface area (Å²) in [6.07, 6.45) is -0.115. The lowest BCUT2D eigenvalue weighted by atomic mass is 10.3. The van der Waals surface area contributed by atoms with Gasteiger partial charge in [0.25, 0.3) is 0 Å². The first kappa shape index (κ1) is 5.01. The summed E-state index contributed by atoms with van der Waals surface area (Å²) in [6.45, 7) is 0. The molecule has 0 bridgehead atoms. The van der Waals surface area contributed by atoms with Crippen LogP contribution >= 0.6 is 0 Å². The van der Waals surface area contributed by atoms with E-state index in [4.69, 9.17) is 0 Å². The van der Waals surface area contributed by atoms with Gasteiger partial charge in [-0.05, 0) is 12.8 Å². The van der Waals surface area contributed by atoms with Crippen molar-refractivity contribution in [2.45, 2.75) is 25.2 Å². The van der Waals surface area contributed by atoms with Gasteiger partial charge in [-0.1, -0.05) is 0 Å².